The van der Waals surface area contributed by atoms with E-state index < -0.39 is 22.2 Å². The van der Waals surface area contributed by atoms with Crippen molar-refractivity contribution in [3.63, 3.8) is 0 Å². The summed E-state index contributed by atoms with van der Waals surface area (Å²) in [7, 11) is 0. The molecule has 5 nitrogen and oxygen atoms in total. The fraction of sp³-hybridized carbons (Fsp3) is 1.00. The molecule has 3 N–H and O–H groups in total. The second-order valence-corrected chi connectivity index (χ2v) is 3.90. The summed E-state index contributed by atoms with van der Waals surface area (Å²) in [5, 5.41) is 2.74. The molecule has 0 fully saturated rings. The quantitative estimate of drug-likeness (QED) is 0.380. The van der Waals surface area contributed by atoms with Crippen LogP contribution in [0.5, 0.6) is 0 Å². The van der Waals surface area contributed by atoms with Gasteiger partial charge in [-0.25, -0.2) is 8.42 Å². The molecule has 0 bridgehead atoms. The number of rotatable bonds is 6. The van der Waals surface area contributed by atoms with Crippen LogP contribution in [0.3, 0.4) is 0 Å². The van der Waals surface area contributed by atoms with Gasteiger partial charge in [0.15, 0.2) is 22.2 Å². The molecule has 0 heterocycles. The maximum Gasteiger partial charge on any atom is 0.154 e. The van der Waals surface area contributed by atoms with E-state index in [1.165, 1.54) is 0 Å². The molecule has 0 aliphatic carbocycles. The molecule has 7 heteroatoms. The second kappa shape index (κ2) is 6.86. The van der Waals surface area contributed by atoms with E-state index in [4.69, 9.17) is 9.11 Å². The van der Waals surface area contributed by atoms with Gasteiger partial charge < -0.3 is 14.4 Å². The molecule has 0 amide bonds. The predicted molar refractivity (Wildman–Crippen MR) is 44.1 cm³/mol. The third-order valence-electron chi connectivity index (χ3n) is 0.907. The first-order chi connectivity index (χ1) is 5.13. The summed E-state index contributed by atoms with van der Waals surface area (Å²) >= 11 is -3.56. The predicted octanol–water partition coefficient (Wildman–Crippen LogP) is -0.981. The first-order valence-corrected chi connectivity index (χ1v) is 5.53. The van der Waals surface area contributed by atoms with Crippen molar-refractivity contribution < 1.29 is 17.5 Å². The lowest BCUT2D eigenvalue weighted by Crippen LogP contribution is -2.24. The van der Waals surface area contributed by atoms with Crippen LogP contribution in [0.4, 0.5) is 0 Å². The highest BCUT2D eigenvalue weighted by Crippen LogP contribution is 1.73. The number of hydrogen-bond acceptors (Lipinski definition) is 3. The lowest BCUT2D eigenvalue weighted by atomic mass is 10.7. The first kappa shape index (κ1) is 11.2. The molecule has 0 saturated carbocycles. The Balaban J connectivity index is 3.03. The van der Waals surface area contributed by atoms with Crippen molar-refractivity contribution in [2.75, 3.05) is 24.6 Å². The Hall–Kier alpha value is 0.180. The van der Waals surface area contributed by atoms with Gasteiger partial charge in [-0.1, -0.05) is 0 Å². The van der Waals surface area contributed by atoms with Gasteiger partial charge in [0.1, 0.15) is 0 Å². The molecule has 0 aromatic heterocycles. The minimum Gasteiger partial charge on any atom is -0.315 e. The van der Waals surface area contributed by atoms with Crippen LogP contribution in [0, 0.1) is 0 Å². The van der Waals surface area contributed by atoms with Crippen molar-refractivity contribution in [2.24, 2.45) is 0 Å². The van der Waals surface area contributed by atoms with Crippen LogP contribution in [0.15, 0.2) is 0 Å². The SMILES string of the molecule is O=S(O)CCNCCS(=O)O. The summed E-state index contributed by atoms with van der Waals surface area (Å²) in [5.74, 6) is 0.302. The van der Waals surface area contributed by atoms with Crippen molar-refractivity contribution in [2.45, 2.75) is 0 Å². The molecule has 2 atom stereocenters. The Bertz CT molecular complexity index is 135. The molecule has 0 aromatic rings. The van der Waals surface area contributed by atoms with Gasteiger partial charge in [0.25, 0.3) is 0 Å². The molecule has 0 aliphatic rings. The highest BCUT2D eigenvalue weighted by Gasteiger charge is 1.94. The zero-order valence-electron chi connectivity index (χ0n) is 5.86. The maximum atomic E-state index is 10.1. The summed E-state index contributed by atoms with van der Waals surface area (Å²) in [5.41, 5.74) is 0. The van der Waals surface area contributed by atoms with Crippen LogP contribution in [-0.4, -0.2) is 42.1 Å². The van der Waals surface area contributed by atoms with Crippen LogP contribution >= 0.6 is 0 Å². The van der Waals surface area contributed by atoms with Gasteiger partial charge in [0, 0.05) is 13.1 Å². The van der Waals surface area contributed by atoms with Gasteiger partial charge in [-0.3, -0.25) is 0 Å². The topological polar surface area (TPSA) is 86.6 Å². The van der Waals surface area contributed by atoms with Gasteiger partial charge in [-0.05, 0) is 0 Å². The fourth-order valence-electron chi connectivity index (χ4n) is 0.444. The zero-order chi connectivity index (χ0) is 8.69. The molecule has 68 valence electrons. The van der Waals surface area contributed by atoms with E-state index in [2.05, 4.69) is 5.32 Å². The van der Waals surface area contributed by atoms with Crippen LogP contribution in [0.2, 0.25) is 0 Å². The van der Waals surface area contributed by atoms with Crippen LogP contribution in [0.25, 0.3) is 0 Å². The Labute approximate surface area is 70.1 Å². The molecule has 0 rings (SSSR count). The summed E-state index contributed by atoms with van der Waals surface area (Å²) < 4.78 is 36.7. The Kier molecular flexibility index (Phi) is 6.98. The average molecular weight is 201 g/mol. The van der Waals surface area contributed by atoms with Crippen LogP contribution < -0.4 is 5.32 Å². The monoisotopic (exact) mass is 201 g/mol. The molecular weight excluding hydrogens is 190 g/mol. The molecule has 0 aromatic carbocycles. The van der Waals surface area contributed by atoms with Gasteiger partial charge >= 0.3 is 0 Å². The molecule has 0 aliphatic heterocycles. The van der Waals surface area contributed by atoms with Crippen LogP contribution in [0.1, 0.15) is 0 Å². The summed E-state index contributed by atoms with van der Waals surface area (Å²) in [6, 6.07) is 0. The third-order valence-corrected chi connectivity index (χ3v) is 2.01. The van der Waals surface area contributed by atoms with Crippen molar-refractivity contribution in [1.29, 1.82) is 0 Å². The van der Waals surface area contributed by atoms with Gasteiger partial charge in [0.2, 0.25) is 0 Å². The molecule has 0 radical (unpaired) electrons. The normalized spacial score (nSPS) is 16.2. The van der Waals surface area contributed by atoms with Gasteiger partial charge in [-0.2, -0.15) is 0 Å². The fourth-order valence-corrected chi connectivity index (χ4v) is 1.08. The standard InChI is InChI=1S/C4H11NO4S2/c6-10(7)3-1-5-2-4-11(8)9/h5H,1-4H2,(H,6,7)(H,8,9). The lowest BCUT2D eigenvalue weighted by Gasteiger charge is -1.98. The second-order valence-electron chi connectivity index (χ2n) is 1.80. The first-order valence-electron chi connectivity index (χ1n) is 2.98. The van der Waals surface area contributed by atoms with E-state index >= 15 is 0 Å². The third kappa shape index (κ3) is 10.2. The van der Waals surface area contributed by atoms with E-state index in [1.54, 1.807) is 0 Å². The largest absolute Gasteiger partial charge is 0.315 e. The van der Waals surface area contributed by atoms with E-state index in [1.807, 2.05) is 0 Å². The Morgan fingerprint density at radius 2 is 1.36 bits per heavy atom. The van der Waals surface area contributed by atoms with Crippen molar-refractivity contribution in [3.8, 4) is 0 Å². The number of nitrogens with one attached hydrogen (secondary N) is 1. The summed E-state index contributed by atoms with van der Waals surface area (Å²) in [4.78, 5) is 0. The molecule has 0 saturated heterocycles. The van der Waals surface area contributed by atoms with Crippen molar-refractivity contribution in [3.05, 3.63) is 0 Å². The van der Waals surface area contributed by atoms with E-state index in [0.717, 1.165) is 0 Å². The zero-order valence-corrected chi connectivity index (χ0v) is 7.49. The smallest absolute Gasteiger partial charge is 0.154 e. The lowest BCUT2D eigenvalue weighted by molar-refractivity contribution is 0.557. The molecule has 0 spiro atoms. The highest BCUT2D eigenvalue weighted by atomic mass is 32.2. The minimum absolute atomic E-state index is 0.151. The maximum absolute atomic E-state index is 10.1. The highest BCUT2D eigenvalue weighted by molar-refractivity contribution is 7.79. The Morgan fingerprint density at radius 3 is 1.64 bits per heavy atom. The molecule has 2 unspecified atom stereocenters. The summed E-state index contributed by atoms with van der Waals surface area (Å²) in [6.45, 7) is 0.778. The van der Waals surface area contributed by atoms with Crippen molar-refractivity contribution >= 4 is 22.2 Å². The van der Waals surface area contributed by atoms with E-state index in [9.17, 15) is 8.42 Å². The van der Waals surface area contributed by atoms with E-state index in [-0.39, 0.29) is 11.5 Å². The molecule has 11 heavy (non-hydrogen) atoms. The van der Waals surface area contributed by atoms with Gasteiger partial charge in [-0.15, -0.1) is 0 Å². The van der Waals surface area contributed by atoms with Crippen LogP contribution in [-0.2, 0) is 22.2 Å². The Morgan fingerprint density at radius 1 is 1.00 bits per heavy atom. The minimum atomic E-state index is -1.78. The van der Waals surface area contributed by atoms with Crippen molar-refractivity contribution in [1.82, 2.24) is 5.32 Å². The number of hydrogen-bond donors (Lipinski definition) is 3. The molecular formula is C4H11NO4S2. The van der Waals surface area contributed by atoms with Gasteiger partial charge in [0.05, 0.1) is 11.5 Å². The van der Waals surface area contributed by atoms with E-state index in [0.29, 0.717) is 13.1 Å². The summed E-state index contributed by atoms with van der Waals surface area (Å²) in [6.07, 6.45) is 0. The average Bonchev–Trinajstić information content (AvgIpc) is 1.85.